The highest BCUT2D eigenvalue weighted by Crippen LogP contribution is 2.09. The van der Waals surface area contributed by atoms with Crippen LogP contribution in [0, 0.1) is 5.92 Å². The first-order valence-electron chi connectivity index (χ1n) is 6.32. The number of amides is 1. The summed E-state index contributed by atoms with van der Waals surface area (Å²) in [5.74, 6) is 0.353. The minimum absolute atomic E-state index is 0. The second-order valence-corrected chi connectivity index (χ2v) is 4.46. The lowest BCUT2D eigenvalue weighted by Gasteiger charge is -2.21. The van der Waals surface area contributed by atoms with E-state index < -0.39 is 0 Å². The van der Waals surface area contributed by atoms with Gasteiger partial charge in [-0.1, -0.05) is 0 Å². The minimum atomic E-state index is 0. The largest absolute Gasteiger partial charge is 0.356 e. The molecule has 1 aliphatic rings. The van der Waals surface area contributed by atoms with Crippen molar-refractivity contribution in [3.05, 3.63) is 18.5 Å². The highest BCUT2D eigenvalue weighted by Gasteiger charge is 2.19. The lowest BCUT2D eigenvalue weighted by molar-refractivity contribution is -0.125. The van der Waals surface area contributed by atoms with Crippen LogP contribution >= 0.6 is 12.4 Å². The summed E-state index contributed by atoms with van der Waals surface area (Å²) in [5.41, 5.74) is 0. The Bertz CT molecular complexity index is 336. The van der Waals surface area contributed by atoms with Crippen LogP contribution in [0.4, 0.5) is 0 Å². The van der Waals surface area contributed by atoms with Crippen molar-refractivity contribution in [3.63, 3.8) is 0 Å². The number of halogens is 1. The molecule has 0 aromatic carbocycles. The van der Waals surface area contributed by atoms with E-state index in [9.17, 15) is 4.79 Å². The number of aromatic nitrogens is 2. The third kappa shape index (κ3) is 4.66. The fourth-order valence-corrected chi connectivity index (χ4v) is 2.11. The van der Waals surface area contributed by atoms with E-state index in [0.29, 0.717) is 0 Å². The number of carbonyl (C=O) groups excluding carboxylic acids is 1. The van der Waals surface area contributed by atoms with Crippen molar-refractivity contribution in [3.8, 4) is 0 Å². The third-order valence-corrected chi connectivity index (χ3v) is 3.09. The van der Waals surface area contributed by atoms with Crippen molar-refractivity contribution >= 4 is 18.3 Å². The number of aryl methyl sites for hydroxylation is 1. The predicted octanol–water partition coefficient (Wildman–Crippen LogP) is 0.811. The van der Waals surface area contributed by atoms with Crippen LogP contribution in [0.3, 0.4) is 0 Å². The van der Waals surface area contributed by atoms with Gasteiger partial charge in [-0.2, -0.15) is 5.10 Å². The Morgan fingerprint density at radius 3 is 3.11 bits per heavy atom. The third-order valence-electron chi connectivity index (χ3n) is 3.09. The summed E-state index contributed by atoms with van der Waals surface area (Å²) in [4.78, 5) is 11.8. The summed E-state index contributed by atoms with van der Waals surface area (Å²) < 4.78 is 1.88. The van der Waals surface area contributed by atoms with E-state index in [1.54, 1.807) is 6.20 Å². The highest BCUT2D eigenvalue weighted by molar-refractivity contribution is 5.85. The van der Waals surface area contributed by atoms with Gasteiger partial charge >= 0.3 is 0 Å². The van der Waals surface area contributed by atoms with Gasteiger partial charge < -0.3 is 10.6 Å². The first kappa shape index (κ1) is 15.0. The molecular weight excluding hydrogens is 252 g/mol. The molecule has 5 nitrogen and oxygen atoms in total. The molecule has 6 heteroatoms. The Morgan fingerprint density at radius 2 is 2.44 bits per heavy atom. The van der Waals surface area contributed by atoms with Gasteiger partial charge in [0.15, 0.2) is 0 Å². The molecule has 2 heterocycles. The van der Waals surface area contributed by atoms with E-state index in [0.717, 1.165) is 45.4 Å². The Hall–Kier alpha value is -1.07. The fourth-order valence-electron chi connectivity index (χ4n) is 2.11. The number of hydrogen-bond donors (Lipinski definition) is 2. The normalized spacial score (nSPS) is 19.0. The summed E-state index contributed by atoms with van der Waals surface area (Å²) in [6, 6.07) is 1.91. The van der Waals surface area contributed by atoms with Gasteiger partial charge in [-0.3, -0.25) is 9.48 Å². The molecule has 1 aliphatic heterocycles. The SMILES string of the molecule is Cl.O=C(NCCCn1cccn1)C1CCCNC1. The number of carbonyl (C=O) groups is 1. The van der Waals surface area contributed by atoms with E-state index in [-0.39, 0.29) is 24.2 Å². The number of rotatable bonds is 5. The number of nitrogens with one attached hydrogen (secondary N) is 2. The zero-order valence-corrected chi connectivity index (χ0v) is 11.3. The Kier molecular flexibility index (Phi) is 6.75. The highest BCUT2D eigenvalue weighted by atomic mass is 35.5. The molecule has 18 heavy (non-hydrogen) atoms. The maximum atomic E-state index is 11.8. The van der Waals surface area contributed by atoms with Crippen LogP contribution in [0.1, 0.15) is 19.3 Å². The van der Waals surface area contributed by atoms with Crippen LogP contribution < -0.4 is 10.6 Å². The van der Waals surface area contributed by atoms with Crippen LogP contribution in [0.2, 0.25) is 0 Å². The molecule has 0 aliphatic carbocycles. The van der Waals surface area contributed by atoms with Crippen LogP contribution in [0.25, 0.3) is 0 Å². The second kappa shape index (κ2) is 8.11. The topological polar surface area (TPSA) is 59.0 Å². The first-order valence-corrected chi connectivity index (χ1v) is 6.32. The van der Waals surface area contributed by atoms with E-state index in [1.165, 1.54) is 0 Å². The molecule has 1 saturated heterocycles. The summed E-state index contributed by atoms with van der Waals surface area (Å²) in [6.07, 6.45) is 6.75. The lowest BCUT2D eigenvalue weighted by Crippen LogP contribution is -2.40. The monoisotopic (exact) mass is 272 g/mol. The molecule has 1 aromatic heterocycles. The van der Waals surface area contributed by atoms with Crippen molar-refractivity contribution in [2.45, 2.75) is 25.8 Å². The van der Waals surface area contributed by atoms with E-state index >= 15 is 0 Å². The van der Waals surface area contributed by atoms with Crippen molar-refractivity contribution < 1.29 is 4.79 Å². The molecule has 1 atom stereocenters. The average Bonchev–Trinajstić information content (AvgIpc) is 2.88. The zero-order chi connectivity index (χ0) is 11.9. The molecule has 0 saturated carbocycles. The van der Waals surface area contributed by atoms with Crippen LogP contribution in [-0.2, 0) is 11.3 Å². The first-order chi connectivity index (χ1) is 8.36. The summed E-state index contributed by atoms with van der Waals surface area (Å²) >= 11 is 0. The van der Waals surface area contributed by atoms with Crippen molar-refractivity contribution in [1.82, 2.24) is 20.4 Å². The lowest BCUT2D eigenvalue weighted by atomic mass is 9.99. The fraction of sp³-hybridized carbons (Fsp3) is 0.667. The van der Waals surface area contributed by atoms with Gasteiger partial charge in [0.2, 0.25) is 5.91 Å². The summed E-state index contributed by atoms with van der Waals surface area (Å²) in [7, 11) is 0. The average molecular weight is 273 g/mol. The van der Waals surface area contributed by atoms with Gasteiger partial charge in [-0.15, -0.1) is 12.4 Å². The molecule has 1 fully saturated rings. The Labute approximate surface area is 114 Å². The minimum Gasteiger partial charge on any atom is -0.356 e. The molecule has 0 bridgehead atoms. The Morgan fingerprint density at radius 1 is 1.56 bits per heavy atom. The molecule has 0 spiro atoms. The number of piperidine rings is 1. The van der Waals surface area contributed by atoms with Crippen LogP contribution in [-0.4, -0.2) is 35.3 Å². The quantitative estimate of drug-likeness (QED) is 0.780. The maximum absolute atomic E-state index is 11.8. The molecule has 1 unspecified atom stereocenters. The maximum Gasteiger partial charge on any atom is 0.224 e. The van der Waals surface area contributed by atoms with Crippen LogP contribution in [0.5, 0.6) is 0 Å². The van der Waals surface area contributed by atoms with E-state index in [1.807, 2.05) is 16.9 Å². The molecule has 102 valence electrons. The van der Waals surface area contributed by atoms with Gasteiger partial charge in [0.1, 0.15) is 0 Å². The molecule has 0 radical (unpaired) electrons. The zero-order valence-electron chi connectivity index (χ0n) is 10.5. The van der Waals surface area contributed by atoms with E-state index in [2.05, 4.69) is 15.7 Å². The smallest absolute Gasteiger partial charge is 0.224 e. The predicted molar refractivity (Wildman–Crippen MR) is 72.7 cm³/mol. The molecular formula is C12H21ClN4O. The van der Waals surface area contributed by atoms with Crippen molar-refractivity contribution in [2.24, 2.45) is 5.92 Å². The summed E-state index contributed by atoms with van der Waals surface area (Å²) in [5, 5.41) is 10.4. The summed E-state index contributed by atoms with van der Waals surface area (Å²) in [6.45, 7) is 3.46. The second-order valence-electron chi connectivity index (χ2n) is 4.46. The van der Waals surface area contributed by atoms with Crippen molar-refractivity contribution in [1.29, 1.82) is 0 Å². The molecule has 2 N–H and O–H groups in total. The van der Waals surface area contributed by atoms with Gasteiger partial charge in [0.05, 0.1) is 5.92 Å². The van der Waals surface area contributed by atoms with Crippen LogP contribution in [0.15, 0.2) is 18.5 Å². The molecule has 2 rings (SSSR count). The van der Waals surface area contributed by atoms with Gasteiger partial charge in [-0.05, 0) is 31.9 Å². The Balaban J connectivity index is 0.00000162. The van der Waals surface area contributed by atoms with E-state index in [4.69, 9.17) is 0 Å². The van der Waals surface area contributed by atoms with Gasteiger partial charge in [0.25, 0.3) is 0 Å². The molecule has 1 amide bonds. The number of nitrogens with zero attached hydrogens (tertiary/aromatic N) is 2. The van der Waals surface area contributed by atoms with Gasteiger partial charge in [-0.25, -0.2) is 0 Å². The van der Waals surface area contributed by atoms with Gasteiger partial charge in [0, 0.05) is 32.0 Å². The number of hydrogen-bond acceptors (Lipinski definition) is 3. The van der Waals surface area contributed by atoms with Crippen molar-refractivity contribution in [2.75, 3.05) is 19.6 Å². The standard InChI is InChI=1S/C12H20N4O.ClH/c17-12(11-4-1-5-13-10-11)14-6-2-8-16-9-3-7-15-16;/h3,7,9,11,13H,1-2,4-6,8,10H2,(H,14,17);1H. The molecule has 1 aromatic rings.